The standard InChI is InChI=1S/C9H14N2O6/c1-11-5(9(16)17)3-7(13)6(12)2-4(10)8(14)15/h4-5,11H,2-3,10H2,1H3,(H,14,15)(H,16,17). The monoisotopic (exact) mass is 246 g/mol. The highest BCUT2D eigenvalue weighted by molar-refractivity contribution is 6.38. The number of carboxylic acid groups (broad SMARTS) is 2. The summed E-state index contributed by atoms with van der Waals surface area (Å²) in [6.45, 7) is 0. The van der Waals surface area contributed by atoms with E-state index in [1.165, 1.54) is 7.05 Å². The Balaban J connectivity index is 4.37. The predicted molar refractivity (Wildman–Crippen MR) is 55.3 cm³/mol. The molecule has 17 heavy (non-hydrogen) atoms. The summed E-state index contributed by atoms with van der Waals surface area (Å²) in [5.74, 6) is -4.60. The molecule has 0 rings (SSSR count). The molecule has 8 heteroatoms. The summed E-state index contributed by atoms with van der Waals surface area (Å²) in [4.78, 5) is 43.4. The van der Waals surface area contributed by atoms with E-state index in [0.29, 0.717) is 0 Å². The molecular weight excluding hydrogens is 232 g/mol. The third-order valence-corrected chi connectivity index (χ3v) is 2.07. The zero-order chi connectivity index (χ0) is 13.6. The molecule has 0 saturated carbocycles. The minimum Gasteiger partial charge on any atom is -0.480 e. The molecule has 96 valence electrons. The van der Waals surface area contributed by atoms with Gasteiger partial charge in [-0.15, -0.1) is 0 Å². The highest BCUT2D eigenvalue weighted by atomic mass is 16.4. The molecule has 0 bridgehead atoms. The largest absolute Gasteiger partial charge is 0.480 e. The number of nitrogens with two attached hydrogens (primary N) is 1. The van der Waals surface area contributed by atoms with E-state index in [9.17, 15) is 19.2 Å². The molecule has 0 aromatic heterocycles. The Bertz CT molecular complexity index is 340. The fourth-order valence-electron chi connectivity index (χ4n) is 1.01. The lowest BCUT2D eigenvalue weighted by atomic mass is 10.0. The van der Waals surface area contributed by atoms with E-state index >= 15 is 0 Å². The number of hydrogen-bond donors (Lipinski definition) is 4. The number of rotatable bonds is 8. The van der Waals surface area contributed by atoms with Crippen molar-refractivity contribution in [2.75, 3.05) is 7.05 Å². The van der Waals surface area contributed by atoms with Crippen molar-refractivity contribution in [1.82, 2.24) is 5.32 Å². The lowest BCUT2D eigenvalue weighted by Crippen LogP contribution is -2.39. The quantitative estimate of drug-likeness (QED) is 0.359. The molecular formula is C9H14N2O6. The van der Waals surface area contributed by atoms with Crippen LogP contribution in [0.2, 0.25) is 0 Å². The Kier molecular flexibility index (Phi) is 6.00. The molecule has 0 aromatic carbocycles. The van der Waals surface area contributed by atoms with Crippen molar-refractivity contribution < 1.29 is 29.4 Å². The van der Waals surface area contributed by atoms with Crippen molar-refractivity contribution in [2.24, 2.45) is 5.73 Å². The Hall–Kier alpha value is -1.80. The van der Waals surface area contributed by atoms with E-state index < -0.39 is 48.4 Å². The molecule has 0 aliphatic carbocycles. The predicted octanol–water partition coefficient (Wildman–Crippen LogP) is -2.01. The highest BCUT2D eigenvalue weighted by Gasteiger charge is 2.26. The SMILES string of the molecule is CNC(CC(=O)C(=O)CC(N)C(=O)O)C(=O)O. The Morgan fingerprint density at radius 3 is 1.88 bits per heavy atom. The lowest BCUT2D eigenvalue weighted by Gasteiger charge is -2.10. The number of aliphatic carboxylic acids is 2. The normalized spacial score (nSPS) is 13.8. The average Bonchev–Trinajstić information content (AvgIpc) is 2.24. The second kappa shape index (κ2) is 6.71. The van der Waals surface area contributed by atoms with Crippen molar-refractivity contribution >= 4 is 23.5 Å². The lowest BCUT2D eigenvalue weighted by molar-refractivity contribution is -0.144. The first kappa shape index (κ1) is 15.2. The van der Waals surface area contributed by atoms with E-state index in [1.54, 1.807) is 0 Å². The number of carboxylic acids is 2. The maximum Gasteiger partial charge on any atom is 0.321 e. The first-order chi connectivity index (χ1) is 7.79. The van der Waals surface area contributed by atoms with Crippen LogP contribution in [-0.4, -0.2) is 52.8 Å². The molecule has 0 heterocycles. The molecule has 0 radical (unpaired) electrons. The van der Waals surface area contributed by atoms with Crippen LogP contribution in [0.1, 0.15) is 12.8 Å². The van der Waals surface area contributed by atoms with Crippen molar-refractivity contribution in [2.45, 2.75) is 24.9 Å². The van der Waals surface area contributed by atoms with Crippen LogP contribution in [0.3, 0.4) is 0 Å². The molecule has 2 unspecified atom stereocenters. The van der Waals surface area contributed by atoms with Gasteiger partial charge in [-0.05, 0) is 7.05 Å². The summed E-state index contributed by atoms with van der Waals surface area (Å²) < 4.78 is 0. The first-order valence-electron chi connectivity index (χ1n) is 4.74. The van der Waals surface area contributed by atoms with Gasteiger partial charge in [0.05, 0.1) is 0 Å². The number of ketones is 2. The molecule has 2 atom stereocenters. The number of likely N-dealkylation sites (N-methyl/N-ethyl adjacent to an activating group) is 1. The molecule has 8 nitrogen and oxygen atoms in total. The van der Waals surface area contributed by atoms with E-state index in [2.05, 4.69) is 5.32 Å². The van der Waals surface area contributed by atoms with Crippen molar-refractivity contribution in [1.29, 1.82) is 0 Å². The molecule has 0 amide bonds. The fraction of sp³-hybridized carbons (Fsp3) is 0.556. The summed E-state index contributed by atoms with van der Waals surface area (Å²) in [7, 11) is 1.33. The van der Waals surface area contributed by atoms with Gasteiger partial charge >= 0.3 is 11.9 Å². The van der Waals surface area contributed by atoms with Gasteiger partial charge < -0.3 is 21.3 Å². The van der Waals surface area contributed by atoms with Gasteiger partial charge in [0.15, 0.2) is 0 Å². The maximum atomic E-state index is 11.3. The number of Topliss-reactive ketones (excluding diaryl/α,β-unsaturated/α-hetero) is 2. The first-order valence-corrected chi connectivity index (χ1v) is 4.74. The van der Waals surface area contributed by atoms with Crippen molar-refractivity contribution in [3.8, 4) is 0 Å². The molecule has 5 N–H and O–H groups in total. The number of nitrogens with one attached hydrogen (secondary N) is 1. The van der Waals surface area contributed by atoms with Crippen molar-refractivity contribution in [3.63, 3.8) is 0 Å². The van der Waals surface area contributed by atoms with Crippen molar-refractivity contribution in [3.05, 3.63) is 0 Å². The second-order valence-electron chi connectivity index (χ2n) is 3.38. The van der Waals surface area contributed by atoms with Crippen LogP contribution < -0.4 is 11.1 Å². The fourth-order valence-corrected chi connectivity index (χ4v) is 1.01. The van der Waals surface area contributed by atoms with E-state index in [-0.39, 0.29) is 0 Å². The van der Waals surface area contributed by atoms with E-state index in [0.717, 1.165) is 0 Å². The van der Waals surface area contributed by atoms with Gasteiger partial charge in [-0.2, -0.15) is 0 Å². The molecule has 0 saturated heterocycles. The minimum atomic E-state index is -1.45. The smallest absolute Gasteiger partial charge is 0.321 e. The Morgan fingerprint density at radius 1 is 1.06 bits per heavy atom. The van der Waals surface area contributed by atoms with Crippen LogP contribution in [0.25, 0.3) is 0 Å². The highest BCUT2D eigenvalue weighted by Crippen LogP contribution is 1.99. The molecule has 0 aliphatic rings. The Labute approximate surface area is 96.8 Å². The van der Waals surface area contributed by atoms with Crippen LogP contribution in [-0.2, 0) is 19.2 Å². The molecule has 0 fully saturated rings. The topological polar surface area (TPSA) is 147 Å². The van der Waals surface area contributed by atoms with Crippen LogP contribution in [0.5, 0.6) is 0 Å². The van der Waals surface area contributed by atoms with Gasteiger partial charge in [0.2, 0.25) is 11.6 Å². The van der Waals surface area contributed by atoms with Gasteiger partial charge in [0, 0.05) is 12.8 Å². The summed E-state index contributed by atoms with van der Waals surface area (Å²) in [6, 6.07) is -2.63. The minimum absolute atomic E-state index is 0.531. The third kappa shape index (κ3) is 5.18. The number of hydrogen-bond acceptors (Lipinski definition) is 6. The van der Waals surface area contributed by atoms with Gasteiger partial charge in [-0.25, -0.2) is 0 Å². The molecule has 0 aromatic rings. The summed E-state index contributed by atoms with van der Waals surface area (Å²) in [5.41, 5.74) is 5.07. The summed E-state index contributed by atoms with van der Waals surface area (Å²) in [5, 5.41) is 19.4. The van der Waals surface area contributed by atoms with Gasteiger partial charge in [-0.3, -0.25) is 19.2 Å². The van der Waals surface area contributed by atoms with Gasteiger partial charge in [0.1, 0.15) is 12.1 Å². The van der Waals surface area contributed by atoms with E-state index in [1.807, 2.05) is 0 Å². The molecule has 0 aliphatic heterocycles. The van der Waals surface area contributed by atoms with Crippen LogP contribution in [0, 0.1) is 0 Å². The number of carbonyl (C=O) groups excluding carboxylic acids is 2. The summed E-state index contributed by atoms with van der Waals surface area (Å²) in [6.07, 6.45) is -1.17. The van der Waals surface area contributed by atoms with Gasteiger partial charge in [-0.1, -0.05) is 0 Å². The van der Waals surface area contributed by atoms with E-state index in [4.69, 9.17) is 15.9 Å². The zero-order valence-electron chi connectivity index (χ0n) is 9.17. The number of carbonyl (C=O) groups is 4. The Morgan fingerprint density at radius 2 is 1.53 bits per heavy atom. The van der Waals surface area contributed by atoms with Crippen LogP contribution in [0.4, 0.5) is 0 Å². The average molecular weight is 246 g/mol. The van der Waals surface area contributed by atoms with Crippen LogP contribution in [0.15, 0.2) is 0 Å². The summed E-state index contributed by atoms with van der Waals surface area (Å²) >= 11 is 0. The second-order valence-corrected chi connectivity index (χ2v) is 3.38. The maximum absolute atomic E-state index is 11.3. The molecule has 0 spiro atoms. The van der Waals surface area contributed by atoms with Gasteiger partial charge in [0.25, 0.3) is 0 Å². The zero-order valence-corrected chi connectivity index (χ0v) is 9.17. The van der Waals surface area contributed by atoms with Crippen LogP contribution >= 0.6 is 0 Å². The third-order valence-electron chi connectivity index (χ3n) is 2.07.